The van der Waals surface area contributed by atoms with Gasteiger partial charge in [0.2, 0.25) is 0 Å². The summed E-state index contributed by atoms with van der Waals surface area (Å²) in [6.45, 7) is 0.326. The van der Waals surface area contributed by atoms with Crippen LogP contribution >= 0.6 is 11.6 Å². The Labute approximate surface area is 102 Å². The summed E-state index contributed by atoms with van der Waals surface area (Å²) in [5.41, 5.74) is 5.27. The van der Waals surface area contributed by atoms with Gasteiger partial charge >= 0.3 is 0 Å². The molecule has 6 heteroatoms. The molecule has 5 nitrogen and oxygen atoms in total. The van der Waals surface area contributed by atoms with E-state index in [0.29, 0.717) is 17.3 Å². The predicted octanol–water partition coefficient (Wildman–Crippen LogP) is 1.36. The number of nitrogens with one attached hydrogen (secondary N) is 1. The zero-order valence-corrected chi connectivity index (χ0v) is 9.57. The minimum atomic E-state index is -0.675. The summed E-state index contributed by atoms with van der Waals surface area (Å²) >= 11 is 5.86. The Kier molecular flexibility index (Phi) is 3.01. The number of pyridine rings is 1. The molecule has 2 rings (SSSR count). The Hall–Kier alpha value is -2.01. The molecule has 0 fully saturated rings. The first-order valence-corrected chi connectivity index (χ1v) is 5.22. The van der Waals surface area contributed by atoms with Crippen molar-refractivity contribution in [2.45, 2.75) is 6.54 Å². The second kappa shape index (κ2) is 4.47. The molecule has 0 spiro atoms. The molecule has 0 aliphatic carbocycles. The Morgan fingerprint density at radius 1 is 1.59 bits per heavy atom. The number of hydrogen-bond acceptors (Lipinski definition) is 3. The van der Waals surface area contributed by atoms with Crippen LogP contribution in [0, 0.1) is 5.41 Å². The molecule has 0 aromatic carbocycles. The van der Waals surface area contributed by atoms with E-state index in [1.807, 2.05) is 0 Å². The van der Waals surface area contributed by atoms with Crippen LogP contribution in [0.2, 0.25) is 5.02 Å². The van der Waals surface area contributed by atoms with Gasteiger partial charge in [-0.25, -0.2) is 0 Å². The molecule has 1 amide bonds. The van der Waals surface area contributed by atoms with Gasteiger partial charge in [-0.1, -0.05) is 11.6 Å². The number of furan rings is 1. The summed E-state index contributed by atoms with van der Waals surface area (Å²) in [5, 5.41) is 8.19. The third-order valence-corrected chi connectivity index (χ3v) is 2.48. The Balaban J connectivity index is 2.47. The van der Waals surface area contributed by atoms with Crippen LogP contribution in [0.5, 0.6) is 0 Å². The number of aromatic nitrogens is 1. The lowest BCUT2D eigenvalue weighted by atomic mass is 10.2. The average molecular weight is 252 g/mol. The highest BCUT2D eigenvalue weighted by molar-refractivity contribution is 6.30. The van der Waals surface area contributed by atoms with E-state index in [9.17, 15) is 4.79 Å². The predicted molar refractivity (Wildman–Crippen MR) is 61.6 cm³/mol. The maximum Gasteiger partial charge on any atom is 0.252 e. The number of rotatable bonds is 3. The fraction of sp³-hybridized carbons (Fsp3) is 0.0909. The number of nitrogens with zero attached hydrogens (tertiary/aromatic N) is 1. The van der Waals surface area contributed by atoms with Crippen LogP contribution in [-0.4, -0.2) is 10.5 Å². The molecular weight excluding hydrogens is 242 g/mol. The molecule has 2 aromatic rings. The standard InChI is InChI=1S/C11H10ClN3O2/c12-7-4-9(11(14)16)10(13)15(5-7)6-8-2-1-3-17-8/h1-5,13H,6H2,(H2,14,16). The van der Waals surface area contributed by atoms with Gasteiger partial charge in [0, 0.05) is 6.20 Å². The number of amides is 1. The highest BCUT2D eigenvalue weighted by Gasteiger charge is 2.09. The topological polar surface area (TPSA) is 85.0 Å². The summed E-state index contributed by atoms with van der Waals surface area (Å²) in [7, 11) is 0. The summed E-state index contributed by atoms with van der Waals surface area (Å²) in [6.07, 6.45) is 3.10. The molecule has 17 heavy (non-hydrogen) atoms. The van der Waals surface area contributed by atoms with Gasteiger partial charge in [-0.05, 0) is 18.2 Å². The van der Waals surface area contributed by atoms with Crippen LogP contribution in [0.4, 0.5) is 0 Å². The highest BCUT2D eigenvalue weighted by Crippen LogP contribution is 2.09. The SMILES string of the molecule is N=c1c(C(N)=O)cc(Cl)cn1Cc1ccco1. The second-order valence-corrected chi connectivity index (χ2v) is 3.93. The molecule has 0 bridgehead atoms. The van der Waals surface area contributed by atoms with Crippen LogP contribution in [0.3, 0.4) is 0 Å². The van der Waals surface area contributed by atoms with Gasteiger partial charge in [0.25, 0.3) is 5.91 Å². The van der Waals surface area contributed by atoms with Crippen molar-refractivity contribution >= 4 is 17.5 Å². The van der Waals surface area contributed by atoms with Crippen LogP contribution in [-0.2, 0) is 6.54 Å². The Bertz CT molecular complexity index is 602. The normalized spacial score (nSPS) is 10.4. The number of primary amides is 1. The highest BCUT2D eigenvalue weighted by atomic mass is 35.5. The largest absolute Gasteiger partial charge is 0.467 e. The third-order valence-electron chi connectivity index (χ3n) is 2.28. The summed E-state index contributed by atoms with van der Waals surface area (Å²) in [5.74, 6) is -0.00752. The van der Waals surface area contributed by atoms with Gasteiger partial charge in [-0.2, -0.15) is 0 Å². The maximum atomic E-state index is 11.1. The Morgan fingerprint density at radius 2 is 2.35 bits per heavy atom. The van der Waals surface area contributed by atoms with Crippen molar-refractivity contribution in [2.75, 3.05) is 0 Å². The van der Waals surface area contributed by atoms with Gasteiger partial charge in [0.05, 0.1) is 23.4 Å². The first-order chi connectivity index (χ1) is 8.08. The van der Waals surface area contributed by atoms with Crippen molar-refractivity contribution in [1.82, 2.24) is 4.57 Å². The molecule has 2 aromatic heterocycles. The van der Waals surface area contributed by atoms with Crippen LogP contribution in [0.1, 0.15) is 16.1 Å². The molecule has 0 saturated carbocycles. The molecule has 0 unspecified atom stereocenters. The Morgan fingerprint density at radius 3 is 2.94 bits per heavy atom. The zero-order chi connectivity index (χ0) is 12.4. The smallest absolute Gasteiger partial charge is 0.252 e. The lowest BCUT2D eigenvalue weighted by Crippen LogP contribution is -2.29. The fourth-order valence-corrected chi connectivity index (χ4v) is 1.72. The minimum absolute atomic E-state index is 0.0123. The maximum absolute atomic E-state index is 11.1. The number of carbonyl (C=O) groups excluding carboxylic acids is 1. The van der Waals surface area contributed by atoms with Crippen LogP contribution in [0.15, 0.2) is 35.1 Å². The zero-order valence-electron chi connectivity index (χ0n) is 8.81. The lowest BCUT2D eigenvalue weighted by Gasteiger charge is -2.08. The molecule has 2 heterocycles. The van der Waals surface area contributed by atoms with Crippen molar-refractivity contribution in [3.05, 3.63) is 52.5 Å². The van der Waals surface area contributed by atoms with E-state index in [2.05, 4.69) is 0 Å². The number of carbonyl (C=O) groups is 1. The van der Waals surface area contributed by atoms with Crippen LogP contribution in [0.25, 0.3) is 0 Å². The molecule has 0 radical (unpaired) electrons. The molecule has 0 aliphatic heterocycles. The van der Waals surface area contributed by atoms with E-state index >= 15 is 0 Å². The first kappa shape index (κ1) is 11.5. The second-order valence-electron chi connectivity index (χ2n) is 3.49. The van der Waals surface area contributed by atoms with E-state index in [1.165, 1.54) is 10.6 Å². The minimum Gasteiger partial charge on any atom is -0.467 e. The van der Waals surface area contributed by atoms with Crippen molar-refractivity contribution in [3.63, 3.8) is 0 Å². The van der Waals surface area contributed by atoms with E-state index in [1.54, 1.807) is 24.6 Å². The molecule has 0 atom stereocenters. The lowest BCUT2D eigenvalue weighted by molar-refractivity contribution is 0.0997. The fourth-order valence-electron chi connectivity index (χ4n) is 1.49. The van der Waals surface area contributed by atoms with Gasteiger partial charge in [-0.3, -0.25) is 10.2 Å². The van der Waals surface area contributed by atoms with Gasteiger partial charge in [0.15, 0.2) is 0 Å². The van der Waals surface area contributed by atoms with E-state index < -0.39 is 5.91 Å². The number of hydrogen-bond donors (Lipinski definition) is 2. The quantitative estimate of drug-likeness (QED) is 0.863. The van der Waals surface area contributed by atoms with Crippen LogP contribution < -0.4 is 11.2 Å². The number of nitrogens with two attached hydrogens (primary N) is 1. The van der Waals surface area contributed by atoms with Gasteiger partial charge < -0.3 is 14.7 Å². The van der Waals surface area contributed by atoms with E-state index in [-0.39, 0.29) is 11.1 Å². The average Bonchev–Trinajstić information content (AvgIpc) is 2.75. The van der Waals surface area contributed by atoms with Gasteiger partial charge in [0.1, 0.15) is 11.2 Å². The van der Waals surface area contributed by atoms with E-state index in [4.69, 9.17) is 27.2 Å². The molecular formula is C11H10ClN3O2. The van der Waals surface area contributed by atoms with Crippen molar-refractivity contribution in [1.29, 1.82) is 5.41 Å². The summed E-state index contributed by atoms with van der Waals surface area (Å²) in [4.78, 5) is 11.1. The van der Waals surface area contributed by atoms with Crippen molar-refractivity contribution < 1.29 is 9.21 Å². The molecule has 3 N–H and O–H groups in total. The van der Waals surface area contributed by atoms with Gasteiger partial charge in [-0.15, -0.1) is 0 Å². The third kappa shape index (κ3) is 2.39. The molecule has 0 aliphatic rings. The van der Waals surface area contributed by atoms with Crippen molar-refractivity contribution in [3.8, 4) is 0 Å². The molecule has 0 saturated heterocycles. The number of halogens is 1. The van der Waals surface area contributed by atoms with Crippen molar-refractivity contribution in [2.24, 2.45) is 5.73 Å². The first-order valence-electron chi connectivity index (χ1n) is 4.84. The molecule has 88 valence electrons. The monoisotopic (exact) mass is 251 g/mol. The summed E-state index contributed by atoms with van der Waals surface area (Å²) in [6, 6.07) is 4.90. The summed E-state index contributed by atoms with van der Waals surface area (Å²) < 4.78 is 6.67. The van der Waals surface area contributed by atoms with E-state index in [0.717, 1.165) is 0 Å².